The highest BCUT2D eigenvalue weighted by Crippen LogP contribution is 1.99. The molecule has 1 aromatic rings. The number of hydrogen-bond acceptors (Lipinski definition) is 3. The number of ether oxygens (including phenoxy) is 1. The fourth-order valence-corrected chi connectivity index (χ4v) is 1.26. The molecule has 80 valence electrons. The number of aromatic amines is 1. The fraction of sp³-hybridized carbons (Fsp3) is 0.700. The van der Waals surface area contributed by atoms with Crippen molar-refractivity contribution in [1.29, 1.82) is 0 Å². The van der Waals surface area contributed by atoms with E-state index >= 15 is 0 Å². The summed E-state index contributed by atoms with van der Waals surface area (Å²) < 4.78 is 4.94. The molecule has 0 saturated carbocycles. The van der Waals surface area contributed by atoms with Gasteiger partial charge in [0.25, 0.3) is 0 Å². The van der Waals surface area contributed by atoms with E-state index in [0.29, 0.717) is 0 Å². The van der Waals surface area contributed by atoms with Gasteiger partial charge in [-0.05, 0) is 6.42 Å². The Labute approximate surface area is 85.1 Å². The van der Waals surface area contributed by atoms with Crippen molar-refractivity contribution in [2.24, 2.45) is 0 Å². The standard InChI is InChI=1S/C10H19N3O/c1-3-4-10-12-8-9(13-10)7-11-5-6-14-2/h8,11H,3-7H2,1-2H3,(H,12,13). The second-order valence-electron chi connectivity index (χ2n) is 3.27. The van der Waals surface area contributed by atoms with Crippen LogP contribution in [0.2, 0.25) is 0 Å². The molecule has 0 bridgehead atoms. The molecule has 0 aliphatic heterocycles. The van der Waals surface area contributed by atoms with Crippen molar-refractivity contribution >= 4 is 0 Å². The van der Waals surface area contributed by atoms with Gasteiger partial charge in [-0.15, -0.1) is 0 Å². The van der Waals surface area contributed by atoms with Gasteiger partial charge in [0.15, 0.2) is 0 Å². The fourth-order valence-electron chi connectivity index (χ4n) is 1.26. The van der Waals surface area contributed by atoms with Crippen LogP contribution in [0.5, 0.6) is 0 Å². The zero-order valence-corrected chi connectivity index (χ0v) is 8.97. The van der Waals surface area contributed by atoms with Gasteiger partial charge in [-0.3, -0.25) is 0 Å². The number of imidazole rings is 1. The van der Waals surface area contributed by atoms with Gasteiger partial charge < -0.3 is 15.0 Å². The highest BCUT2D eigenvalue weighted by Gasteiger charge is 1.98. The summed E-state index contributed by atoms with van der Waals surface area (Å²) in [6.07, 6.45) is 4.05. The Kier molecular flexibility index (Phi) is 5.25. The topological polar surface area (TPSA) is 49.9 Å². The number of nitrogens with zero attached hydrogens (tertiary/aromatic N) is 1. The molecule has 4 heteroatoms. The minimum atomic E-state index is 0.746. The SMILES string of the molecule is CCCc1ncc(CNCCOC)[nH]1. The Hall–Kier alpha value is -0.870. The largest absolute Gasteiger partial charge is 0.383 e. The van der Waals surface area contributed by atoms with Crippen molar-refractivity contribution in [3.63, 3.8) is 0 Å². The van der Waals surface area contributed by atoms with Crippen LogP contribution >= 0.6 is 0 Å². The number of methoxy groups -OCH3 is 1. The molecule has 0 aliphatic rings. The molecule has 0 aromatic carbocycles. The lowest BCUT2D eigenvalue weighted by Gasteiger charge is -2.00. The third-order valence-corrected chi connectivity index (χ3v) is 1.97. The first-order valence-electron chi connectivity index (χ1n) is 5.09. The van der Waals surface area contributed by atoms with Crippen molar-refractivity contribution in [3.8, 4) is 0 Å². The molecule has 14 heavy (non-hydrogen) atoms. The van der Waals surface area contributed by atoms with Crippen LogP contribution in [0.1, 0.15) is 24.9 Å². The van der Waals surface area contributed by atoms with Crippen LogP contribution in [0.15, 0.2) is 6.20 Å². The summed E-state index contributed by atoms with van der Waals surface area (Å²) in [5, 5.41) is 3.26. The first-order valence-corrected chi connectivity index (χ1v) is 5.09. The Morgan fingerprint density at radius 2 is 2.43 bits per heavy atom. The Morgan fingerprint density at radius 3 is 3.14 bits per heavy atom. The third kappa shape index (κ3) is 3.89. The highest BCUT2D eigenvalue weighted by atomic mass is 16.5. The second kappa shape index (κ2) is 6.56. The lowest BCUT2D eigenvalue weighted by Crippen LogP contribution is -2.18. The van der Waals surface area contributed by atoms with Crippen LogP contribution in [-0.4, -0.2) is 30.2 Å². The monoisotopic (exact) mass is 197 g/mol. The lowest BCUT2D eigenvalue weighted by molar-refractivity contribution is 0.199. The summed E-state index contributed by atoms with van der Waals surface area (Å²) >= 11 is 0. The normalized spacial score (nSPS) is 10.7. The highest BCUT2D eigenvalue weighted by molar-refractivity contribution is 5.00. The molecular formula is C10H19N3O. The summed E-state index contributed by atoms with van der Waals surface area (Å²) in [6, 6.07) is 0. The van der Waals surface area contributed by atoms with E-state index in [4.69, 9.17) is 4.74 Å². The van der Waals surface area contributed by atoms with E-state index in [-0.39, 0.29) is 0 Å². The minimum absolute atomic E-state index is 0.746. The predicted molar refractivity (Wildman–Crippen MR) is 56.2 cm³/mol. The molecule has 0 atom stereocenters. The average Bonchev–Trinajstić information content (AvgIpc) is 2.61. The number of rotatable bonds is 7. The zero-order chi connectivity index (χ0) is 10.2. The van der Waals surface area contributed by atoms with E-state index in [9.17, 15) is 0 Å². The average molecular weight is 197 g/mol. The van der Waals surface area contributed by atoms with Gasteiger partial charge in [0.2, 0.25) is 0 Å². The molecule has 0 radical (unpaired) electrons. The Bertz CT molecular complexity index is 247. The number of nitrogens with one attached hydrogen (secondary N) is 2. The molecule has 0 aliphatic carbocycles. The maximum absolute atomic E-state index is 4.94. The van der Waals surface area contributed by atoms with E-state index in [1.807, 2.05) is 6.20 Å². The summed E-state index contributed by atoms with van der Waals surface area (Å²) in [5.74, 6) is 1.08. The Balaban J connectivity index is 2.22. The van der Waals surface area contributed by atoms with Gasteiger partial charge in [-0.1, -0.05) is 6.92 Å². The van der Waals surface area contributed by atoms with Crippen molar-refractivity contribution in [1.82, 2.24) is 15.3 Å². The number of H-pyrrole nitrogens is 1. The molecule has 0 amide bonds. The number of aromatic nitrogens is 2. The molecule has 4 nitrogen and oxygen atoms in total. The molecule has 1 heterocycles. The molecule has 0 unspecified atom stereocenters. The second-order valence-corrected chi connectivity index (χ2v) is 3.27. The van der Waals surface area contributed by atoms with Crippen molar-refractivity contribution < 1.29 is 4.74 Å². The van der Waals surface area contributed by atoms with E-state index in [0.717, 1.165) is 44.1 Å². The van der Waals surface area contributed by atoms with E-state index in [1.54, 1.807) is 7.11 Å². The molecule has 0 saturated heterocycles. The van der Waals surface area contributed by atoms with Crippen LogP contribution in [0.4, 0.5) is 0 Å². The van der Waals surface area contributed by atoms with Crippen molar-refractivity contribution in [2.75, 3.05) is 20.3 Å². The third-order valence-electron chi connectivity index (χ3n) is 1.97. The zero-order valence-electron chi connectivity index (χ0n) is 8.97. The maximum atomic E-state index is 4.94. The van der Waals surface area contributed by atoms with Gasteiger partial charge in [0, 0.05) is 38.5 Å². The molecule has 2 N–H and O–H groups in total. The first kappa shape index (κ1) is 11.2. The number of hydrogen-bond donors (Lipinski definition) is 2. The molecule has 1 rings (SSSR count). The predicted octanol–water partition coefficient (Wildman–Crippen LogP) is 1.10. The first-order chi connectivity index (χ1) is 6.86. The Morgan fingerprint density at radius 1 is 1.57 bits per heavy atom. The van der Waals surface area contributed by atoms with Crippen LogP contribution in [0.25, 0.3) is 0 Å². The van der Waals surface area contributed by atoms with Crippen LogP contribution in [0.3, 0.4) is 0 Å². The van der Waals surface area contributed by atoms with E-state index < -0.39 is 0 Å². The summed E-state index contributed by atoms with van der Waals surface area (Å²) in [4.78, 5) is 7.55. The van der Waals surface area contributed by atoms with Gasteiger partial charge in [0.1, 0.15) is 5.82 Å². The number of aryl methyl sites for hydroxylation is 1. The van der Waals surface area contributed by atoms with Crippen LogP contribution < -0.4 is 5.32 Å². The van der Waals surface area contributed by atoms with Gasteiger partial charge in [-0.2, -0.15) is 0 Å². The van der Waals surface area contributed by atoms with Crippen molar-refractivity contribution in [2.45, 2.75) is 26.3 Å². The summed E-state index contributed by atoms with van der Waals surface area (Å²) in [5.41, 5.74) is 1.14. The van der Waals surface area contributed by atoms with Gasteiger partial charge in [-0.25, -0.2) is 4.98 Å². The lowest BCUT2D eigenvalue weighted by atomic mass is 10.3. The summed E-state index contributed by atoms with van der Waals surface area (Å²) in [6.45, 7) is 4.60. The van der Waals surface area contributed by atoms with Crippen LogP contribution in [-0.2, 0) is 17.7 Å². The summed E-state index contributed by atoms with van der Waals surface area (Å²) in [7, 11) is 1.71. The van der Waals surface area contributed by atoms with Gasteiger partial charge >= 0.3 is 0 Å². The van der Waals surface area contributed by atoms with E-state index in [2.05, 4.69) is 22.2 Å². The van der Waals surface area contributed by atoms with Crippen molar-refractivity contribution in [3.05, 3.63) is 17.7 Å². The molecular weight excluding hydrogens is 178 g/mol. The smallest absolute Gasteiger partial charge is 0.106 e. The molecule has 0 fully saturated rings. The molecule has 1 aromatic heterocycles. The minimum Gasteiger partial charge on any atom is -0.383 e. The van der Waals surface area contributed by atoms with Crippen LogP contribution in [0, 0.1) is 0 Å². The molecule has 0 spiro atoms. The quantitative estimate of drug-likeness (QED) is 0.643. The van der Waals surface area contributed by atoms with E-state index in [1.165, 1.54) is 0 Å². The van der Waals surface area contributed by atoms with Gasteiger partial charge in [0.05, 0.1) is 6.61 Å². The maximum Gasteiger partial charge on any atom is 0.106 e.